The molecule has 0 amide bonds. The largest absolute Gasteiger partial charge is 0.496 e. The van der Waals surface area contributed by atoms with E-state index in [0.29, 0.717) is 6.04 Å². The molecule has 7 nitrogen and oxygen atoms in total. The van der Waals surface area contributed by atoms with Crippen molar-refractivity contribution in [1.82, 2.24) is 25.1 Å². The van der Waals surface area contributed by atoms with Crippen LogP contribution in [-0.4, -0.2) is 58.4 Å². The number of aromatic nitrogens is 4. The highest BCUT2D eigenvalue weighted by Crippen LogP contribution is 2.38. The van der Waals surface area contributed by atoms with Crippen molar-refractivity contribution in [2.45, 2.75) is 51.6 Å². The molecule has 2 fully saturated rings. The molecular formula is C26H34N6O. The van der Waals surface area contributed by atoms with E-state index in [-0.39, 0.29) is 6.04 Å². The van der Waals surface area contributed by atoms with Gasteiger partial charge in [-0.2, -0.15) is 0 Å². The van der Waals surface area contributed by atoms with Gasteiger partial charge in [-0.05, 0) is 60.4 Å². The molecule has 2 aromatic carbocycles. The number of benzene rings is 2. The molecule has 3 aromatic rings. The van der Waals surface area contributed by atoms with Crippen molar-refractivity contribution < 1.29 is 4.74 Å². The van der Waals surface area contributed by atoms with Crippen LogP contribution >= 0.6 is 0 Å². The second-order valence-electron chi connectivity index (χ2n) is 9.31. The number of tetrazole rings is 1. The van der Waals surface area contributed by atoms with E-state index in [4.69, 9.17) is 4.74 Å². The minimum Gasteiger partial charge on any atom is -0.496 e. The van der Waals surface area contributed by atoms with E-state index in [2.05, 4.69) is 74.2 Å². The Bertz CT molecular complexity index is 1080. The maximum absolute atomic E-state index is 5.78. The summed E-state index contributed by atoms with van der Waals surface area (Å²) in [6.07, 6.45) is 4.80. The standard InChI is InChI=1S/C26H34N6O/c1-19-9-8-13-23(20(19)2)30-15-17-31(18-16-30)25(22-12-6-7-14-24(22)33-3)26-27-28-29-32(26)21-10-4-5-11-21/h6-9,12-14,21,25H,4-5,10-11,15-18H2,1-3H3/t25-/m0/s1. The van der Waals surface area contributed by atoms with Crippen molar-refractivity contribution in [1.29, 1.82) is 0 Å². The predicted molar refractivity (Wildman–Crippen MR) is 130 cm³/mol. The quantitative estimate of drug-likeness (QED) is 0.562. The van der Waals surface area contributed by atoms with Gasteiger partial charge < -0.3 is 9.64 Å². The lowest BCUT2D eigenvalue weighted by atomic mass is 10.0. The van der Waals surface area contributed by atoms with Crippen LogP contribution in [0.5, 0.6) is 5.75 Å². The van der Waals surface area contributed by atoms with Gasteiger partial charge in [0.05, 0.1) is 13.2 Å². The van der Waals surface area contributed by atoms with Crippen molar-refractivity contribution in [2.24, 2.45) is 0 Å². The van der Waals surface area contributed by atoms with Crippen LogP contribution in [0.2, 0.25) is 0 Å². The summed E-state index contributed by atoms with van der Waals surface area (Å²) >= 11 is 0. The summed E-state index contributed by atoms with van der Waals surface area (Å²) in [5, 5.41) is 13.2. The molecule has 1 aliphatic carbocycles. The Morgan fingerprint density at radius 2 is 1.70 bits per heavy atom. The number of anilines is 1. The summed E-state index contributed by atoms with van der Waals surface area (Å²) in [5.41, 5.74) is 5.20. The van der Waals surface area contributed by atoms with Crippen LogP contribution in [0.4, 0.5) is 5.69 Å². The van der Waals surface area contributed by atoms with E-state index in [1.807, 2.05) is 12.1 Å². The predicted octanol–water partition coefficient (Wildman–Crippen LogP) is 4.33. The fraction of sp³-hybridized carbons (Fsp3) is 0.500. The number of rotatable bonds is 6. The first kappa shape index (κ1) is 21.9. The van der Waals surface area contributed by atoms with Gasteiger partial charge in [-0.25, -0.2) is 4.68 Å². The first-order valence-corrected chi connectivity index (χ1v) is 12.1. The smallest absolute Gasteiger partial charge is 0.173 e. The Morgan fingerprint density at radius 3 is 2.45 bits per heavy atom. The molecule has 1 atom stereocenters. The average Bonchev–Trinajstić information content (AvgIpc) is 3.54. The van der Waals surface area contributed by atoms with Crippen LogP contribution in [0.1, 0.15) is 60.3 Å². The van der Waals surface area contributed by atoms with Crippen LogP contribution in [0.15, 0.2) is 42.5 Å². The van der Waals surface area contributed by atoms with Crippen molar-refractivity contribution >= 4 is 5.69 Å². The molecule has 33 heavy (non-hydrogen) atoms. The first-order chi connectivity index (χ1) is 16.2. The number of aryl methyl sites for hydroxylation is 1. The molecule has 0 bridgehead atoms. The van der Waals surface area contributed by atoms with Gasteiger partial charge in [0, 0.05) is 37.4 Å². The Morgan fingerprint density at radius 1 is 0.939 bits per heavy atom. The van der Waals surface area contributed by atoms with Gasteiger partial charge in [-0.15, -0.1) is 5.10 Å². The van der Waals surface area contributed by atoms with Gasteiger partial charge in [0.2, 0.25) is 0 Å². The molecule has 0 N–H and O–H groups in total. The molecule has 2 heterocycles. The third-order valence-corrected chi connectivity index (χ3v) is 7.46. The number of hydrogen-bond donors (Lipinski definition) is 0. The molecule has 0 unspecified atom stereocenters. The summed E-state index contributed by atoms with van der Waals surface area (Å²) in [4.78, 5) is 5.04. The average molecular weight is 447 g/mol. The molecule has 5 rings (SSSR count). The number of nitrogens with zero attached hydrogens (tertiary/aromatic N) is 6. The maximum Gasteiger partial charge on any atom is 0.173 e. The first-order valence-electron chi connectivity index (χ1n) is 12.1. The maximum atomic E-state index is 5.78. The Kier molecular flexibility index (Phi) is 6.31. The molecule has 7 heteroatoms. The lowest BCUT2D eigenvalue weighted by Gasteiger charge is -2.40. The molecule has 0 radical (unpaired) electrons. The van der Waals surface area contributed by atoms with Crippen LogP contribution in [0, 0.1) is 13.8 Å². The van der Waals surface area contributed by atoms with E-state index in [0.717, 1.165) is 56.2 Å². The monoisotopic (exact) mass is 446 g/mol. The minimum atomic E-state index is -0.0301. The van der Waals surface area contributed by atoms with Crippen molar-refractivity contribution in [3.05, 3.63) is 65.0 Å². The second kappa shape index (κ2) is 9.51. The number of piperazine rings is 1. The van der Waals surface area contributed by atoms with Crippen LogP contribution < -0.4 is 9.64 Å². The third kappa shape index (κ3) is 4.22. The van der Waals surface area contributed by atoms with Gasteiger partial charge in [0.1, 0.15) is 11.8 Å². The van der Waals surface area contributed by atoms with E-state index in [9.17, 15) is 0 Å². The number of para-hydroxylation sites is 1. The number of hydrogen-bond acceptors (Lipinski definition) is 6. The zero-order chi connectivity index (χ0) is 22.8. The molecular weight excluding hydrogens is 412 g/mol. The van der Waals surface area contributed by atoms with Gasteiger partial charge in [0.15, 0.2) is 5.82 Å². The SMILES string of the molecule is COc1ccccc1[C@@H](c1nnnn1C1CCCC1)N1CCN(c2cccc(C)c2C)CC1. The molecule has 1 saturated heterocycles. The third-order valence-electron chi connectivity index (χ3n) is 7.46. The van der Waals surface area contributed by atoms with Gasteiger partial charge in [-0.3, -0.25) is 4.90 Å². The van der Waals surface area contributed by atoms with Gasteiger partial charge in [0.25, 0.3) is 0 Å². The van der Waals surface area contributed by atoms with Crippen LogP contribution in [0.25, 0.3) is 0 Å². The Hall–Kier alpha value is -2.93. The minimum absolute atomic E-state index is 0.0301. The zero-order valence-electron chi connectivity index (χ0n) is 19.9. The Balaban J connectivity index is 1.46. The number of ether oxygens (including phenoxy) is 1. The zero-order valence-corrected chi connectivity index (χ0v) is 19.9. The van der Waals surface area contributed by atoms with E-state index >= 15 is 0 Å². The topological polar surface area (TPSA) is 59.3 Å². The van der Waals surface area contributed by atoms with Crippen LogP contribution in [0.3, 0.4) is 0 Å². The van der Waals surface area contributed by atoms with E-state index in [1.54, 1.807) is 7.11 Å². The second-order valence-corrected chi connectivity index (χ2v) is 9.31. The van der Waals surface area contributed by atoms with E-state index < -0.39 is 0 Å². The summed E-state index contributed by atoms with van der Waals surface area (Å²) in [6, 6.07) is 15.3. The lowest BCUT2D eigenvalue weighted by Crippen LogP contribution is -2.48. The lowest BCUT2D eigenvalue weighted by molar-refractivity contribution is 0.194. The summed E-state index contributed by atoms with van der Waals surface area (Å²) in [7, 11) is 1.74. The van der Waals surface area contributed by atoms with Crippen molar-refractivity contribution in [3.8, 4) is 5.75 Å². The normalized spacial score (nSPS) is 18.6. The molecule has 0 spiro atoms. The highest BCUT2D eigenvalue weighted by Gasteiger charge is 2.34. The molecule has 1 aromatic heterocycles. The van der Waals surface area contributed by atoms with Crippen molar-refractivity contribution in [2.75, 3.05) is 38.2 Å². The summed E-state index contributed by atoms with van der Waals surface area (Å²) in [5.74, 6) is 1.83. The highest BCUT2D eigenvalue weighted by molar-refractivity contribution is 5.56. The van der Waals surface area contributed by atoms with Crippen molar-refractivity contribution in [3.63, 3.8) is 0 Å². The van der Waals surface area contributed by atoms with Gasteiger partial charge >= 0.3 is 0 Å². The number of methoxy groups -OCH3 is 1. The summed E-state index contributed by atoms with van der Waals surface area (Å²) in [6.45, 7) is 8.24. The van der Waals surface area contributed by atoms with E-state index in [1.165, 1.54) is 29.7 Å². The molecule has 174 valence electrons. The summed E-state index contributed by atoms with van der Waals surface area (Å²) < 4.78 is 7.88. The molecule has 1 aliphatic heterocycles. The molecule has 1 saturated carbocycles. The fourth-order valence-electron chi connectivity index (χ4n) is 5.48. The van der Waals surface area contributed by atoms with Gasteiger partial charge in [-0.1, -0.05) is 43.2 Å². The fourth-order valence-corrected chi connectivity index (χ4v) is 5.48. The Labute approximate surface area is 196 Å². The van der Waals surface area contributed by atoms with Crippen LogP contribution in [-0.2, 0) is 0 Å². The highest BCUT2D eigenvalue weighted by atomic mass is 16.5. The molecule has 2 aliphatic rings.